The monoisotopic (exact) mass is 226 g/mol. The molecule has 0 unspecified atom stereocenters. The molecule has 0 radical (unpaired) electrons. The molecule has 0 atom stereocenters. The third-order valence-electron chi connectivity index (χ3n) is 2.04. The van der Waals surface area contributed by atoms with Crippen LogP contribution in [0.25, 0.3) is 0 Å². The fourth-order valence-corrected chi connectivity index (χ4v) is 1.60. The van der Waals surface area contributed by atoms with Crippen molar-refractivity contribution in [2.24, 2.45) is 0 Å². The van der Waals surface area contributed by atoms with Crippen LogP contribution in [0.1, 0.15) is 34.6 Å². The standard InChI is InChI=1S/C11H11ClO3/c1-6(13)9-4-8(15-3)5-10(7(2)14)11(9)12/h4-5H,1-3H3. The van der Waals surface area contributed by atoms with Gasteiger partial charge in [0.1, 0.15) is 5.75 Å². The first-order valence-corrected chi connectivity index (χ1v) is 4.74. The van der Waals surface area contributed by atoms with E-state index in [1.807, 2.05) is 0 Å². The second kappa shape index (κ2) is 4.45. The van der Waals surface area contributed by atoms with Crippen molar-refractivity contribution < 1.29 is 14.3 Å². The minimum Gasteiger partial charge on any atom is -0.497 e. The Kier molecular flexibility index (Phi) is 3.48. The minimum atomic E-state index is -0.193. The van der Waals surface area contributed by atoms with Crippen LogP contribution in [-0.4, -0.2) is 18.7 Å². The Balaban J connectivity index is 3.47. The molecule has 0 fully saturated rings. The Bertz CT molecular complexity index is 389. The largest absolute Gasteiger partial charge is 0.497 e. The van der Waals surface area contributed by atoms with Crippen LogP contribution in [0.2, 0.25) is 5.02 Å². The third-order valence-corrected chi connectivity index (χ3v) is 2.45. The fraction of sp³-hybridized carbons (Fsp3) is 0.273. The first kappa shape index (κ1) is 11.7. The van der Waals surface area contributed by atoms with Gasteiger partial charge in [0.15, 0.2) is 11.6 Å². The maximum absolute atomic E-state index is 11.3. The molecular formula is C11H11ClO3. The molecule has 0 spiro atoms. The quantitative estimate of drug-likeness (QED) is 0.745. The Labute approximate surface area is 93.0 Å². The second-order valence-electron chi connectivity index (χ2n) is 3.15. The van der Waals surface area contributed by atoms with Gasteiger partial charge in [0.25, 0.3) is 0 Å². The molecule has 0 aromatic heterocycles. The normalized spacial score (nSPS) is 9.87. The van der Waals surface area contributed by atoms with E-state index >= 15 is 0 Å². The number of hydrogen-bond donors (Lipinski definition) is 0. The lowest BCUT2D eigenvalue weighted by Gasteiger charge is -2.08. The number of hydrogen-bond acceptors (Lipinski definition) is 3. The maximum atomic E-state index is 11.3. The molecule has 0 heterocycles. The number of ketones is 2. The molecule has 3 nitrogen and oxygen atoms in total. The fourth-order valence-electron chi connectivity index (χ4n) is 1.23. The van der Waals surface area contributed by atoms with E-state index in [-0.39, 0.29) is 16.6 Å². The summed E-state index contributed by atoms with van der Waals surface area (Å²) < 4.78 is 4.99. The van der Waals surface area contributed by atoms with E-state index in [0.717, 1.165) is 0 Å². The van der Waals surface area contributed by atoms with E-state index < -0.39 is 0 Å². The molecule has 0 aliphatic carbocycles. The Morgan fingerprint density at radius 3 is 1.80 bits per heavy atom. The van der Waals surface area contributed by atoms with Crippen molar-refractivity contribution in [2.75, 3.05) is 7.11 Å². The third kappa shape index (κ3) is 2.36. The van der Waals surface area contributed by atoms with Gasteiger partial charge in [-0.2, -0.15) is 0 Å². The highest BCUT2D eigenvalue weighted by atomic mass is 35.5. The first-order chi connectivity index (χ1) is 6.97. The molecule has 1 aromatic carbocycles. The molecule has 15 heavy (non-hydrogen) atoms. The van der Waals surface area contributed by atoms with E-state index in [2.05, 4.69) is 0 Å². The molecule has 0 saturated carbocycles. The summed E-state index contributed by atoms with van der Waals surface area (Å²) in [7, 11) is 1.47. The molecule has 0 saturated heterocycles. The van der Waals surface area contributed by atoms with E-state index in [4.69, 9.17) is 16.3 Å². The molecule has 0 amide bonds. The van der Waals surface area contributed by atoms with Crippen molar-refractivity contribution in [1.82, 2.24) is 0 Å². The highest BCUT2D eigenvalue weighted by molar-refractivity contribution is 6.37. The molecule has 0 aliphatic rings. The van der Waals surface area contributed by atoms with Crippen molar-refractivity contribution in [2.45, 2.75) is 13.8 Å². The molecule has 1 rings (SSSR count). The summed E-state index contributed by atoms with van der Waals surface area (Å²) in [6, 6.07) is 3.05. The van der Waals surface area contributed by atoms with Gasteiger partial charge in [-0.15, -0.1) is 0 Å². The number of ether oxygens (including phenoxy) is 1. The predicted octanol–water partition coefficient (Wildman–Crippen LogP) is 2.75. The Hall–Kier alpha value is -1.35. The number of methoxy groups -OCH3 is 1. The van der Waals surface area contributed by atoms with Gasteiger partial charge in [-0.05, 0) is 26.0 Å². The van der Waals surface area contributed by atoms with Crippen molar-refractivity contribution in [3.63, 3.8) is 0 Å². The first-order valence-electron chi connectivity index (χ1n) is 4.36. The van der Waals surface area contributed by atoms with Gasteiger partial charge in [-0.3, -0.25) is 9.59 Å². The number of carbonyl (C=O) groups excluding carboxylic acids is 2. The highest BCUT2D eigenvalue weighted by Gasteiger charge is 2.15. The lowest BCUT2D eigenvalue weighted by atomic mass is 10.0. The van der Waals surface area contributed by atoms with Gasteiger partial charge >= 0.3 is 0 Å². The number of rotatable bonds is 3. The summed E-state index contributed by atoms with van der Waals surface area (Å²) in [6.07, 6.45) is 0. The zero-order valence-electron chi connectivity index (χ0n) is 8.76. The summed E-state index contributed by atoms with van der Waals surface area (Å²) in [5, 5.41) is 0.191. The van der Waals surface area contributed by atoms with E-state index in [1.54, 1.807) is 0 Å². The van der Waals surface area contributed by atoms with Gasteiger partial charge in [0, 0.05) is 11.1 Å². The predicted molar refractivity (Wildman–Crippen MR) is 58.0 cm³/mol. The van der Waals surface area contributed by atoms with Gasteiger partial charge in [0.2, 0.25) is 0 Å². The van der Waals surface area contributed by atoms with E-state index in [1.165, 1.54) is 33.1 Å². The van der Waals surface area contributed by atoms with Crippen LogP contribution in [0, 0.1) is 0 Å². The zero-order valence-corrected chi connectivity index (χ0v) is 9.51. The van der Waals surface area contributed by atoms with Crippen molar-refractivity contribution in [3.8, 4) is 5.75 Å². The lowest BCUT2D eigenvalue weighted by molar-refractivity contribution is 0.101. The topological polar surface area (TPSA) is 43.4 Å². The van der Waals surface area contributed by atoms with E-state index in [0.29, 0.717) is 16.9 Å². The second-order valence-corrected chi connectivity index (χ2v) is 3.53. The van der Waals surface area contributed by atoms with Gasteiger partial charge in [0.05, 0.1) is 12.1 Å². The van der Waals surface area contributed by atoms with Crippen LogP contribution < -0.4 is 4.74 Å². The van der Waals surface area contributed by atoms with Crippen LogP contribution in [0.4, 0.5) is 0 Å². The summed E-state index contributed by atoms with van der Waals surface area (Å²) in [5.74, 6) is 0.0672. The van der Waals surface area contributed by atoms with Gasteiger partial charge in [-0.25, -0.2) is 0 Å². The van der Waals surface area contributed by atoms with Crippen LogP contribution in [0.5, 0.6) is 5.75 Å². The smallest absolute Gasteiger partial charge is 0.161 e. The lowest BCUT2D eigenvalue weighted by Crippen LogP contribution is -2.02. The van der Waals surface area contributed by atoms with Crippen LogP contribution in [-0.2, 0) is 0 Å². The summed E-state index contributed by atoms with van der Waals surface area (Å²) in [5.41, 5.74) is 0.613. The molecule has 0 N–H and O–H groups in total. The average Bonchev–Trinajstić information content (AvgIpc) is 2.17. The minimum absolute atomic E-state index is 0.191. The van der Waals surface area contributed by atoms with Gasteiger partial charge < -0.3 is 4.74 Å². The van der Waals surface area contributed by atoms with Gasteiger partial charge in [-0.1, -0.05) is 11.6 Å². The van der Waals surface area contributed by atoms with Crippen LogP contribution in [0.15, 0.2) is 12.1 Å². The van der Waals surface area contributed by atoms with Crippen molar-refractivity contribution in [1.29, 1.82) is 0 Å². The molecule has 0 aliphatic heterocycles. The number of benzene rings is 1. The average molecular weight is 227 g/mol. The van der Waals surface area contributed by atoms with Crippen LogP contribution in [0.3, 0.4) is 0 Å². The Morgan fingerprint density at radius 2 is 1.53 bits per heavy atom. The summed E-state index contributed by atoms with van der Waals surface area (Å²) in [6.45, 7) is 2.79. The number of carbonyl (C=O) groups is 2. The number of halogens is 1. The Morgan fingerprint density at radius 1 is 1.13 bits per heavy atom. The van der Waals surface area contributed by atoms with Crippen molar-refractivity contribution in [3.05, 3.63) is 28.3 Å². The SMILES string of the molecule is COc1cc(C(C)=O)c(Cl)c(C(C)=O)c1. The van der Waals surface area contributed by atoms with E-state index in [9.17, 15) is 9.59 Å². The maximum Gasteiger partial charge on any atom is 0.161 e. The van der Waals surface area contributed by atoms with Crippen molar-refractivity contribution >= 4 is 23.2 Å². The molecule has 0 bridgehead atoms. The summed E-state index contributed by atoms with van der Waals surface area (Å²) in [4.78, 5) is 22.5. The summed E-state index contributed by atoms with van der Waals surface area (Å²) >= 11 is 5.93. The molecular weight excluding hydrogens is 216 g/mol. The molecule has 1 aromatic rings. The molecule has 4 heteroatoms. The molecule has 80 valence electrons. The number of Topliss-reactive ketones (excluding diaryl/α,β-unsaturated/α-hetero) is 2. The zero-order chi connectivity index (χ0) is 11.6. The van der Waals surface area contributed by atoms with Crippen LogP contribution >= 0.6 is 11.6 Å². The highest BCUT2D eigenvalue weighted by Crippen LogP contribution is 2.27.